The molecule has 16 nitrogen and oxygen atoms in total. The van der Waals surface area contributed by atoms with Crippen LogP contribution in [-0.2, 0) is 52.2 Å². The molecule has 3 heterocycles. The van der Waals surface area contributed by atoms with Crippen molar-refractivity contribution in [2.24, 2.45) is 23.7 Å². The minimum absolute atomic E-state index is 0.0121. The van der Waals surface area contributed by atoms with Crippen molar-refractivity contribution >= 4 is 11.8 Å². The maximum absolute atomic E-state index is 13.9. The van der Waals surface area contributed by atoms with Crippen LogP contribution in [0.2, 0.25) is 0 Å². The van der Waals surface area contributed by atoms with Gasteiger partial charge in [0.15, 0.2) is 24.7 Å². The Bertz CT molecular complexity index is 1450. The monoisotopic (exact) mass is 884 g/mol. The molecule has 0 aromatic heterocycles. The Labute approximate surface area is 369 Å². The van der Waals surface area contributed by atoms with E-state index in [1.807, 2.05) is 40.7 Å². The van der Waals surface area contributed by atoms with Gasteiger partial charge >= 0.3 is 5.97 Å². The predicted molar refractivity (Wildman–Crippen MR) is 229 cm³/mol. The number of ether oxygens (including phenoxy) is 9. The van der Waals surface area contributed by atoms with Crippen molar-refractivity contribution in [2.45, 2.75) is 173 Å². The SMILES string of the molecule is C#CCCN(C)[C@H]1[C@@H](O)[C@H](O[C@H]2[C@@H](CC(OCC)OCC)C[C@@H](C)C(=O)/C=C/C(C)=C/[C@H](COC3O[C@H](C)[C@@H](O)[C@@H](OC)[C@H]3OC)[C@@H](CC)OC(=O)C[C@@H](O)[C@@H]2C)O[C@H](C)[C@H]1O. The Morgan fingerprint density at radius 1 is 0.887 bits per heavy atom. The zero-order valence-corrected chi connectivity index (χ0v) is 38.8. The highest BCUT2D eigenvalue weighted by Crippen LogP contribution is 2.36. The molecule has 0 aromatic rings. The summed E-state index contributed by atoms with van der Waals surface area (Å²) in [6.45, 7) is 15.5. The summed E-state index contributed by atoms with van der Waals surface area (Å²) in [5, 5.41) is 45.6. The quantitative estimate of drug-likeness (QED) is 0.0943. The molecule has 0 spiro atoms. The first kappa shape index (κ1) is 54.0. The molecule has 1 unspecified atom stereocenters. The molecule has 0 amide bonds. The van der Waals surface area contributed by atoms with Crippen LogP contribution in [0, 0.1) is 36.0 Å². The minimum atomic E-state index is -1.35. The number of terminal acetylenes is 1. The van der Waals surface area contributed by atoms with E-state index in [1.165, 1.54) is 20.3 Å². The number of methoxy groups -OCH3 is 2. The number of allylic oxidation sites excluding steroid dienone is 3. The number of rotatable bonds is 17. The first-order valence-corrected chi connectivity index (χ1v) is 22.3. The molecule has 0 aliphatic carbocycles. The predicted octanol–water partition coefficient (Wildman–Crippen LogP) is 3.16. The Morgan fingerprint density at radius 3 is 2.11 bits per heavy atom. The summed E-state index contributed by atoms with van der Waals surface area (Å²) in [5.74, 6) is -0.628. The number of carbonyl (C=O) groups excluding carboxylic acids is 2. The second-order valence-corrected chi connectivity index (χ2v) is 17.0. The van der Waals surface area contributed by atoms with Gasteiger partial charge in [0.25, 0.3) is 0 Å². The molecule has 3 aliphatic rings. The van der Waals surface area contributed by atoms with E-state index in [4.69, 9.17) is 49.1 Å². The number of aliphatic hydroxyl groups is 4. The number of nitrogens with zero attached hydrogens (tertiary/aromatic N) is 1. The molecule has 16 heteroatoms. The fraction of sp³-hybridized carbons (Fsp3) is 0.826. The van der Waals surface area contributed by atoms with Crippen molar-refractivity contribution in [2.75, 3.05) is 47.6 Å². The van der Waals surface area contributed by atoms with Crippen LogP contribution < -0.4 is 0 Å². The second kappa shape index (κ2) is 26.6. The van der Waals surface area contributed by atoms with Gasteiger partial charge in [0.1, 0.15) is 30.5 Å². The molecule has 356 valence electrons. The summed E-state index contributed by atoms with van der Waals surface area (Å²) in [5.41, 5.74) is 0.716. The zero-order chi connectivity index (χ0) is 46.3. The average molecular weight is 884 g/mol. The maximum Gasteiger partial charge on any atom is 0.308 e. The lowest BCUT2D eigenvalue weighted by molar-refractivity contribution is -0.307. The van der Waals surface area contributed by atoms with E-state index in [-0.39, 0.29) is 25.2 Å². The van der Waals surface area contributed by atoms with Gasteiger partial charge in [-0.3, -0.25) is 14.5 Å². The molecule has 0 bridgehead atoms. The third-order valence-corrected chi connectivity index (χ3v) is 12.4. The lowest BCUT2D eigenvalue weighted by Gasteiger charge is -2.47. The molecule has 3 aliphatic heterocycles. The number of hydrogen-bond acceptors (Lipinski definition) is 16. The molecular formula is C46H77NO15. The summed E-state index contributed by atoms with van der Waals surface area (Å²) < 4.78 is 54.4. The van der Waals surface area contributed by atoms with Gasteiger partial charge in [-0.25, -0.2) is 0 Å². The first-order chi connectivity index (χ1) is 29.5. The van der Waals surface area contributed by atoms with Crippen LogP contribution in [0.4, 0.5) is 0 Å². The van der Waals surface area contributed by atoms with Crippen LogP contribution in [0.3, 0.4) is 0 Å². The Hall–Kier alpha value is -2.34. The van der Waals surface area contributed by atoms with Crippen molar-refractivity contribution in [1.29, 1.82) is 0 Å². The maximum atomic E-state index is 13.9. The number of ketones is 1. The van der Waals surface area contributed by atoms with E-state index < -0.39 is 122 Å². The number of carbonyl (C=O) groups is 2. The molecule has 0 aromatic carbocycles. The summed E-state index contributed by atoms with van der Waals surface area (Å²) >= 11 is 0. The summed E-state index contributed by atoms with van der Waals surface area (Å²) in [6, 6.07) is -0.803. The second-order valence-electron chi connectivity index (χ2n) is 17.0. The minimum Gasteiger partial charge on any atom is -0.462 e. The van der Waals surface area contributed by atoms with Gasteiger partial charge in [0.05, 0.1) is 49.6 Å². The van der Waals surface area contributed by atoms with Crippen LogP contribution in [0.5, 0.6) is 0 Å². The number of likely N-dealkylation sites (N-methyl/N-ethyl adjacent to an activating group) is 1. The van der Waals surface area contributed by atoms with Gasteiger partial charge in [0, 0.05) is 64.6 Å². The largest absolute Gasteiger partial charge is 0.462 e. The van der Waals surface area contributed by atoms with Crippen molar-refractivity contribution < 1.29 is 72.6 Å². The first-order valence-electron chi connectivity index (χ1n) is 22.3. The number of esters is 1. The molecule has 2 fully saturated rings. The number of cyclic esters (lactones) is 1. The molecule has 2 saturated heterocycles. The van der Waals surface area contributed by atoms with Crippen LogP contribution in [-0.4, -0.2) is 171 Å². The van der Waals surface area contributed by atoms with Gasteiger partial charge in [-0.1, -0.05) is 38.5 Å². The Kier molecular flexibility index (Phi) is 23.1. The Balaban J connectivity index is 2.06. The van der Waals surface area contributed by atoms with Crippen LogP contribution in [0.1, 0.15) is 87.5 Å². The lowest BCUT2D eigenvalue weighted by Crippen LogP contribution is -2.64. The average Bonchev–Trinajstić information content (AvgIpc) is 3.23. The van der Waals surface area contributed by atoms with Crippen molar-refractivity contribution in [3.8, 4) is 12.3 Å². The third-order valence-electron chi connectivity index (χ3n) is 12.4. The van der Waals surface area contributed by atoms with E-state index in [2.05, 4.69) is 5.92 Å². The topological polar surface area (TPSA) is 201 Å². The van der Waals surface area contributed by atoms with Crippen LogP contribution >= 0.6 is 0 Å². The molecule has 3 rings (SSSR count). The van der Waals surface area contributed by atoms with Crippen LogP contribution in [0.25, 0.3) is 0 Å². The number of hydrogen-bond donors (Lipinski definition) is 4. The van der Waals surface area contributed by atoms with E-state index in [9.17, 15) is 30.0 Å². The van der Waals surface area contributed by atoms with Crippen molar-refractivity contribution in [1.82, 2.24) is 4.90 Å². The summed E-state index contributed by atoms with van der Waals surface area (Å²) in [6.07, 6.45) is -0.561. The van der Waals surface area contributed by atoms with Crippen molar-refractivity contribution in [3.63, 3.8) is 0 Å². The fourth-order valence-corrected chi connectivity index (χ4v) is 8.74. The molecular weight excluding hydrogens is 806 g/mol. The number of aliphatic hydroxyl groups excluding tert-OH is 4. The van der Waals surface area contributed by atoms with Gasteiger partial charge in [-0.15, -0.1) is 12.3 Å². The third kappa shape index (κ3) is 14.8. The molecule has 0 saturated carbocycles. The summed E-state index contributed by atoms with van der Waals surface area (Å²) in [4.78, 5) is 29.6. The van der Waals surface area contributed by atoms with E-state index in [0.717, 1.165) is 0 Å². The van der Waals surface area contributed by atoms with E-state index in [0.29, 0.717) is 38.2 Å². The van der Waals surface area contributed by atoms with Gasteiger partial charge in [-0.2, -0.15) is 0 Å². The van der Waals surface area contributed by atoms with Gasteiger partial charge in [0.2, 0.25) is 0 Å². The Morgan fingerprint density at radius 2 is 1.52 bits per heavy atom. The molecule has 4 N–H and O–H groups in total. The smallest absolute Gasteiger partial charge is 0.308 e. The normalized spacial score (nSPS) is 39.5. The molecule has 17 atom stereocenters. The van der Waals surface area contributed by atoms with Gasteiger partial charge < -0.3 is 63.1 Å². The fourth-order valence-electron chi connectivity index (χ4n) is 8.74. The van der Waals surface area contributed by atoms with Crippen LogP contribution in [0.15, 0.2) is 23.8 Å². The highest BCUT2D eigenvalue weighted by molar-refractivity contribution is 5.91. The molecule has 62 heavy (non-hydrogen) atoms. The molecule has 0 radical (unpaired) electrons. The zero-order valence-electron chi connectivity index (χ0n) is 38.8. The van der Waals surface area contributed by atoms with E-state index in [1.54, 1.807) is 38.8 Å². The standard InChI is InChI=1S/C46H77NO15/c1-13-17-20-47(10)38-39(51)29(8)59-45(41(38)53)62-42-28(7)34(49)24-36(50)61-35(14-2)32(25-58-46-44(55-12)43(54-11)40(52)30(9)60-46)21-26(5)18-19-33(48)27(6)22-31(42)23-37(56-15-3)57-16-4/h1,18-19,21,27-32,34-35,37-46,49,51-53H,14-17,20,22-25H2,2-12H3/b19-18+,26-21+/t27-,28+,29-,30-,31-,32-,34-,35-,38-,39-,40-,41-,42-,43-,44-,45+,46?/m1/s1. The van der Waals surface area contributed by atoms with Gasteiger partial charge in [-0.05, 0) is 66.5 Å². The lowest BCUT2D eigenvalue weighted by atomic mass is 9.79. The van der Waals surface area contributed by atoms with E-state index >= 15 is 0 Å². The highest BCUT2D eigenvalue weighted by Gasteiger charge is 2.49. The summed E-state index contributed by atoms with van der Waals surface area (Å²) in [7, 11) is 4.71. The van der Waals surface area contributed by atoms with Crippen molar-refractivity contribution in [3.05, 3.63) is 23.8 Å². The highest BCUT2D eigenvalue weighted by atomic mass is 16.7.